The summed E-state index contributed by atoms with van der Waals surface area (Å²) in [6, 6.07) is 3.13. The number of aryl methyl sites for hydroxylation is 1. The summed E-state index contributed by atoms with van der Waals surface area (Å²) < 4.78 is 40.0. The van der Waals surface area contributed by atoms with Crippen LogP contribution in [0.3, 0.4) is 0 Å². The van der Waals surface area contributed by atoms with E-state index in [9.17, 15) is 13.2 Å². The minimum Gasteiger partial charge on any atom is -0.468 e. The highest BCUT2D eigenvalue weighted by Gasteiger charge is 2.28. The second kappa shape index (κ2) is 4.48. The third-order valence-corrected chi connectivity index (χ3v) is 1.59. The lowest BCUT2D eigenvalue weighted by Gasteiger charge is -2.09. The highest BCUT2D eigenvalue weighted by Crippen LogP contribution is 2.18. The number of aromatic nitrogens is 1. The minimum absolute atomic E-state index is 0.0484. The van der Waals surface area contributed by atoms with Gasteiger partial charge in [0.2, 0.25) is 5.88 Å². The summed E-state index contributed by atoms with van der Waals surface area (Å²) in [6.45, 7) is 0.568. The van der Waals surface area contributed by atoms with Crippen LogP contribution in [0.5, 0.6) is 5.88 Å². The Hall–Kier alpha value is -1.30. The van der Waals surface area contributed by atoms with E-state index >= 15 is 0 Å². The average molecular weight is 220 g/mol. The predicted molar refractivity (Wildman–Crippen MR) is 48.4 cm³/mol. The van der Waals surface area contributed by atoms with Gasteiger partial charge >= 0.3 is 6.18 Å². The zero-order valence-electron chi connectivity index (χ0n) is 8.14. The van der Waals surface area contributed by atoms with Gasteiger partial charge in [0, 0.05) is 12.6 Å². The van der Waals surface area contributed by atoms with Crippen molar-refractivity contribution < 1.29 is 17.9 Å². The predicted octanol–water partition coefficient (Wildman–Crippen LogP) is 1.79. The minimum atomic E-state index is -4.35. The quantitative estimate of drug-likeness (QED) is 0.844. The molecule has 0 amide bonds. The second-order valence-corrected chi connectivity index (χ2v) is 3.08. The van der Waals surface area contributed by atoms with Gasteiger partial charge in [0.25, 0.3) is 0 Å². The van der Waals surface area contributed by atoms with E-state index in [2.05, 4.69) is 9.72 Å². The SMILES string of the molecule is Cc1cc(CN)nc(OCC(F)(F)F)c1. The molecule has 84 valence electrons. The largest absolute Gasteiger partial charge is 0.468 e. The molecule has 0 bridgehead atoms. The number of halogens is 3. The Labute approximate surface area is 85.1 Å². The molecule has 0 aliphatic carbocycles. The van der Waals surface area contributed by atoms with Crippen LogP contribution < -0.4 is 10.5 Å². The molecule has 0 atom stereocenters. The maximum atomic E-state index is 11.8. The van der Waals surface area contributed by atoms with Gasteiger partial charge < -0.3 is 10.5 Å². The van der Waals surface area contributed by atoms with E-state index in [1.165, 1.54) is 6.07 Å². The van der Waals surface area contributed by atoms with Crippen LogP contribution in [0.2, 0.25) is 0 Å². The highest BCUT2D eigenvalue weighted by atomic mass is 19.4. The van der Waals surface area contributed by atoms with Crippen molar-refractivity contribution in [3.63, 3.8) is 0 Å². The molecule has 1 aromatic heterocycles. The van der Waals surface area contributed by atoms with Gasteiger partial charge in [-0.2, -0.15) is 13.2 Å². The number of hydrogen-bond donors (Lipinski definition) is 1. The smallest absolute Gasteiger partial charge is 0.422 e. The van der Waals surface area contributed by atoms with Gasteiger partial charge in [-0.15, -0.1) is 0 Å². The summed E-state index contributed by atoms with van der Waals surface area (Å²) in [6.07, 6.45) is -4.35. The molecule has 0 saturated heterocycles. The van der Waals surface area contributed by atoms with Crippen molar-refractivity contribution in [3.8, 4) is 5.88 Å². The van der Waals surface area contributed by atoms with E-state index in [1.807, 2.05) is 0 Å². The van der Waals surface area contributed by atoms with Gasteiger partial charge in [0.05, 0.1) is 5.69 Å². The highest BCUT2D eigenvalue weighted by molar-refractivity contribution is 5.23. The first-order chi connectivity index (χ1) is 6.90. The molecule has 1 rings (SSSR count). The zero-order valence-corrected chi connectivity index (χ0v) is 8.14. The van der Waals surface area contributed by atoms with Crippen LogP contribution in [0, 0.1) is 6.92 Å². The number of alkyl halides is 3. The molecule has 0 aliphatic heterocycles. The first-order valence-corrected chi connectivity index (χ1v) is 4.28. The summed E-state index contributed by atoms with van der Waals surface area (Å²) in [5, 5.41) is 0. The second-order valence-electron chi connectivity index (χ2n) is 3.08. The normalized spacial score (nSPS) is 11.5. The molecular weight excluding hydrogens is 209 g/mol. The van der Waals surface area contributed by atoms with Crippen LogP contribution >= 0.6 is 0 Å². The lowest BCUT2D eigenvalue weighted by atomic mass is 10.2. The molecule has 0 fully saturated rings. The van der Waals surface area contributed by atoms with Gasteiger partial charge in [-0.25, -0.2) is 4.98 Å². The number of hydrogen-bond acceptors (Lipinski definition) is 3. The molecule has 0 spiro atoms. The fraction of sp³-hybridized carbons (Fsp3) is 0.444. The molecule has 0 unspecified atom stereocenters. The summed E-state index contributed by atoms with van der Waals surface area (Å²) in [5.41, 5.74) is 6.60. The number of rotatable bonds is 3. The zero-order chi connectivity index (χ0) is 11.5. The molecule has 0 aliphatic rings. The van der Waals surface area contributed by atoms with Crippen molar-refractivity contribution in [2.75, 3.05) is 6.61 Å². The molecule has 0 saturated carbocycles. The van der Waals surface area contributed by atoms with Crippen LogP contribution in [0.1, 0.15) is 11.3 Å². The van der Waals surface area contributed by atoms with Gasteiger partial charge in [0.1, 0.15) is 0 Å². The van der Waals surface area contributed by atoms with Crippen molar-refractivity contribution >= 4 is 0 Å². The summed E-state index contributed by atoms with van der Waals surface area (Å²) in [5.74, 6) is -0.0484. The van der Waals surface area contributed by atoms with Crippen molar-refractivity contribution in [2.24, 2.45) is 5.73 Å². The van der Waals surface area contributed by atoms with Gasteiger partial charge in [-0.1, -0.05) is 0 Å². The molecule has 0 radical (unpaired) electrons. The van der Waals surface area contributed by atoms with Crippen LogP contribution in [0.4, 0.5) is 13.2 Å². The van der Waals surface area contributed by atoms with E-state index in [-0.39, 0.29) is 12.4 Å². The van der Waals surface area contributed by atoms with Crippen LogP contribution in [-0.4, -0.2) is 17.8 Å². The molecular formula is C9H11F3N2O. The maximum absolute atomic E-state index is 11.8. The summed E-state index contributed by atoms with van der Waals surface area (Å²) in [4.78, 5) is 3.81. The first kappa shape index (κ1) is 11.8. The molecule has 2 N–H and O–H groups in total. The van der Waals surface area contributed by atoms with E-state index in [4.69, 9.17) is 5.73 Å². The third kappa shape index (κ3) is 4.16. The molecule has 0 aromatic carbocycles. The lowest BCUT2D eigenvalue weighted by molar-refractivity contribution is -0.154. The number of pyridine rings is 1. The van der Waals surface area contributed by atoms with Crippen molar-refractivity contribution in [1.29, 1.82) is 0 Å². The third-order valence-electron chi connectivity index (χ3n) is 1.59. The Balaban J connectivity index is 2.73. The molecule has 6 heteroatoms. The average Bonchev–Trinajstić information content (AvgIpc) is 2.13. The Morgan fingerprint density at radius 2 is 2.07 bits per heavy atom. The number of nitrogens with zero attached hydrogens (tertiary/aromatic N) is 1. The Morgan fingerprint density at radius 1 is 1.40 bits per heavy atom. The van der Waals surface area contributed by atoms with Crippen molar-refractivity contribution in [1.82, 2.24) is 4.98 Å². The summed E-state index contributed by atoms with van der Waals surface area (Å²) in [7, 11) is 0. The van der Waals surface area contributed by atoms with Crippen LogP contribution in [0.15, 0.2) is 12.1 Å². The Kier molecular flexibility index (Phi) is 3.52. The van der Waals surface area contributed by atoms with Crippen molar-refractivity contribution in [2.45, 2.75) is 19.6 Å². The number of ether oxygens (including phenoxy) is 1. The van der Waals surface area contributed by atoms with E-state index in [1.54, 1.807) is 13.0 Å². The first-order valence-electron chi connectivity index (χ1n) is 4.28. The van der Waals surface area contributed by atoms with E-state index < -0.39 is 12.8 Å². The van der Waals surface area contributed by atoms with Crippen LogP contribution in [0.25, 0.3) is 0 Å². The maximum Gasteiger partial charge on any atom is 0.422 e. The Morgan fingerprint density at radius 3 is 2.60 bits per heavy atom. The van der Waals surface area contributed by atoms with Gasteiger partial charge in [-0.3, -0.25) is 0 Å². The molecule has 3 nitrogen and oxygen atoms in total. The molecule has 15 heavy (non-hydrogen) atoms. The lowest BCUT2D eigenvalue weighted by Crippen LogP contribution is -2.20. The van der Waals surface area contributed by atoms with Crippen molar-refractivity contribution in [3.05, 3.63) is 23.4 Å². The standard InChI is InChI=1S/C9H11F3N2O/c1-6-2-7(4-13)14-8(3-6)15-5-9(10,11)12/h2-3H,4-5,13H2,1H3. The monoisotopic (exact) mass is 220 g/mol. The summed E-state index contributed by atoms with van der Waals surface area (Å²) >= 11 is 0. The van der Waals surface area contributed by atoms with Gasteiger partial charge in [0.15, 0.2) is 6.61 Å². The molecule has 1 heterocycles. The van der Waals surface area contributed by atoms with Crippen LogP contribution in [-0.2, 0) is 6.54 Å². The fourth-order valence-electron chi connectivity index (χ4n) is 1.04. The topological polar surface area (TPSA) is 48.1 Å². The van der Waals surface area contributed by atoms with E-state index in [0.29, 0.717) is 5.69 Å². The number of nitrogens with two attached hydrogens (primary N) is 1. The van der Waals surface area contributed by atoms with E-state index in [0.717, 1.165) is 5.56 Å². The van der Waals surface area contributed by atoms with Gasteiger partial charge in [-0.05, 0) is 18.6 Å². The molecule has 1 aromatic rings. The Bertz CT molecular complexity index is 339. The fourth-order valence-corrected chi connectivity index (χ4v) is 1.04.